The Balaban J connectivity index is 0.000000166. The minimum atomic E-state index is -1.98. The molecule has 10 aromatic rings. The number of imidazole rings is 1. The summed E-state index contributed by atoms with van der Waals surface area (Å²) >= 11 is -0.150. The Bertz CT molecular complexity index is 3140. The maximum Gasteiger partial charge on any atom is 0 e. The summed E-state index contributed by atoms with van der Waals surface area (Å²) in [5, 5.41) is 4.82. The van der Waals surface area contributed by atoms with E-state index < -0.39 is 13.3 Å². The fourth-order valence-electron chi connectivity index (χ4n) is 8.17. The first-order valence-electron chi connectivity index (χ1n) is 20.6. The van der Waals surface area contributed by atoms with Crippen molar-refractivity contribution in [2.45, 2.75) is 63.7 Å². The predicted molar refractivity (Wildman–Crippen MR) is 254 cm³/mol. The van der Waals surface area contributed by atoms with Crippen molar-refractivity contribution in [1.82, 2.24) is 14.5 Å². The molecule has 0 saturated heterocycles. The van der Waals surface area contributed by atoms with E-state index >= 15 is 0 Å². The number of pyridine rings is 1. The van der Waals surface area contributed by atoms with Crippen LogP contribution in [0.4, 0.5) is 0 Å². The van der Waals surface area contributed by atoms with E-state index in [9.17, 15) is 0 Å². The van der Waals surface area contributed by atoms with Gasteiger partial charge in [0.05, 0.1) is 16.9 Å². The maximum atomic E-state index is 6.20. The van der Waals surface area contributed by atoms with E-state index in [4.69, 9.17) is 14.4 Å². The van der Waals surface area contributed by atoms with E-state index in [1.165, 1.54) is 35.7 Å². The molecular formula is C53H49GeIrN3OS-2. The largest absolute Gasteiger partial charge is 0 e. The van der Waals surface area contributed by atoms with Crippen LogP contribution in [0.2, 0.25) is 17.3 Å². The van der Waals surface area contributed by atoms with Gasteiger partial charge in [0, 0.05) is 30.5 Å². The molecule has 0 spiro atoms. The number of nitrogens with zero attached hydrogens (tertiary/aromatic N) is 3. The van der Waals surface area contributed by atoms with Crippen LogP contribution in [0.15, 0.2) is 138 Å². The molecule has 0 saturated carbocycles. The molecule has 0 atom stereocenters. The quantitative estimate of drug-likeness (QED) is 0.123. The van der Waals surface area contributed by atoms with Crippen LogP contribution in [-0.2, 0) is 31.9 Å². The Morgan fingerprint density at radius 2 is 1.48 bits per heavy atom. The molecule has 0 N–H and O–H groups in total. The molecule has 4 nitrogen and oxygen atoms in total. The minimum Gasteiger partial charge on any atom is 0 e. The average Bonchev–Trinajstić information content (AvgIpc) is 3.91. The van der Waals surface area contributed by atoms with Crippen LogP contribution in [0.3, 0.4) is 0 Å². The Labute approximate surface area is 373 Å². The number of hydrogen-bond acceptors (Lipinski definition) is 4. The van der Waals surface area contributed by atoms with Crippen molar-refractivity contribution in [3.05, 3.63) is 157 Å². The van der Waals surface area contributed by atoms with Gasteiger partial charge in [-0.2, -0.15) is 11.3 Å². The van der Waals surface area contributed by atoms with Crippen molar-refractivity contribution in [2.24, 2.45) is 5.92 Å². The minimum absolute atomic E-state index is 0. The van der Waals surface area contributed by atoms with Gasteiger partial charge in [0.25, 0.3) is 0 Å². The molecular weight excluding hydrogens is 991 g/mol. The summed E-state index contributed by atoms with van der Waals surface area (Å²) in [7, 11) is 0. The molecule has 0 fully saturated rings. The number of rotatable bonds is 6. The van der Waals surface area contributed by atoms with E-state index in [1.54, 1.807) is 0 Å². The third-order valence-electron chi connectivity index (χ3n) is 11.1. The van der Waals surface area contributed by atoms with E-state index in [-0.39, 0.29) is 25.5 Å². The molecule has 0 aliphatic rings. The molecule has 0 aliphatic heterocycles. The van der Waals surface area contributed by atoms with Gasteiger partial charge < -0.3 is 4.57 Å². The summed E-state index contributed by atoms with van der Waals surface area (Å²) in [6.45, 7) is 11.3. The third kappa shape index (κ3) is 8.03. The summed E-state index contributed by atoms with van der Waals surface area (Å²) in [5.41, 5.74) is 10.8. The number of thiophene rings is 1. The van der Waals surface area contributed by atoms with Crippen molar-refractivity contribution >= 4 is 82.1 Å². The van der Waals surface area contributed by atoms with Gasteiger partial charge in [-0.3, -0.25) is 4.98 Å². The molecule has 0 amide bonds. The second kappa shape index (κ2) is 16.5. The zero-order chi connectivity index (χ0) is 41.1. The van der Waals surface area contributed by atoms with Gasteiger partial charge in [0.15, 0.2) is 0 Å². The SMILES string of the molecule is CC(C)(C)c1ccc(-n2c(-c3[c-]cc4c(c3)sc3ccccc34)nc3ccccc32)cc1.CC(C)Cc1cc(-c2[c-]ccc3c2oc2ccccc23)nc[c]1[Ge]([CH3])([CH3])[CH3].[Ir]. The molecule has 1 radical (unpaired) electrons. The topological polar surface area (TPSA) is 43.9 Å². The fourth-order valence-corrected chi connectivity index (χ4v) is 12.6. The zero-order valence-electron chi connectivity index (χ0n) is 35.5. The van der Waals surface area contributed by atoms with E-state index in [0.29, 0.717) is 5.92 Å². The molecule has 6 aromatic carbocycles. The number of aromatic nitrogens is 3. The molecule has 4 aromatic heterocycles. The number of benzene rings is 6. The molecule has 0 bridgehead atoms. The second-order valence-corrected chi connectivity index (χ2v) is 29.7. The van der Waals surface area contributed by atoms with Gasteiger partial charge in [-0.1, -0.05) is 68.6 Å². The molecule has 7 heteroatoms. The van der Waals surface area contributed by atoms with Crippen molar-refractivity contribution in [2.75, 3.05) is 0 Å². The summed E-state index contributed by atoms with van der Waals surface area (Å²) in [4.78, 5) is 9.89. The number of para-hydroxylation sites is 3. The summed E-state index contributed by atoms with van der Waals surface area (Å²) in [5.74, 6) is 8.86. The van der Waals surface area contributed by atoms with Crippen LogP contribution < -0.4 is 4.40 Å². The van der Waals surface area contributed by atoms with E-state index in [0.717, 1.165) is 67.7 Å². The smallest absolute Gasteiger partial charge is 0 e. The van der Waals surface area contributed by atoms with Crippen LogP contribution in [0, 0.1) is 18.1 Å². The van der Waals surface area contributed by atoms with Crippen LogP contribution >= 0.6 is 11.3 Å². The molecule has 303 valence electrons. The predicted octanol–water partition coefficient (Wildman–Crippen LogP) is 14.3. The molecule has 4 heterocycles. The molecule has 0 aliphatic carbocycles. The number of furan rings is 1. The Morgan fingerprint density at radius 1 is 0.767 bits per heavy atom. The van der Waals surface area contributed by atoms with E-state index in [1.807, 2.05) is 35.6 Å². The Morgan fingerprint density at radius 3 is 2.23 bits per heavy atom. The Hall–Kier alpha value is -4.85. The third-order valence-corrected chi connectivity index (χ3v) is 16.6. The first-order chi connectivity index (χ1) is 28.3. The van der Waals surface area contributed by atoms with Crippen LogP contribution in [-0.4, -0.2) is 27.8 Å². The van der Waals surface area contributed by atoms with Gasteiger partial charge in [-0.05, 0) is 51.4 Å². The van der Waals surface area contributed by atoms with Gasteiger partial charge in [-0.25, -0.2) is 0 Å². The number of fused-ring (bicyclic) bond motifs is 7. The summed E-state index contributed by atoms with van der Waals surface area (Å²) in [6.07, 6.45) is 3.21. The normalized spacial score (nSPS) is 12.1. The fraction of sp³-hybridized carbons (Fsp3) is 0.208. The van der Waals surface area contributed by atoms with Crippen LogP contribution in [0.25, 0.3) is 81.5 Å². The van der Waals surface area contributed by atoms with Crippen LogP contribution in [0.5, 0.6) is 0 Å². The molecule has 0 unspecified atom stereocenters. The standard InChI is InChI=1S/C29H23N2S.C24H26GeNO.Ir/c1-29(2,3)20-13-15-21(16-14-20)31-25-10-6-5-9-24(25)30-28(31)19-12-17-23-22-8-4-7-11-26(22)32-27(23)18-19;1-16(2)13-17-14-22(26-15-21(17)25(3,4)5)20-11-8-10-19-18-9-6-7-12-23(18)27-24(19)20;/h4-11,13-18H,1-3H3;6-10,12,14-16H,13H2,1-5H3;/q2*-1;. The molecule has 60 heavy (non-hydrogen) atoms. The molecule has 10 rings (SSSR count). The van der Waals surface area contributed by atoms with Gasteiger partial charge in [0.1, 0.15) is 0 Å². The zero-order valence-corrected chi connectivity index (χ0v) is 40.8. The van der Waals surface area contributed by atoms with Gasteiger partial charge in [0.2, 0.25) is 0 Å². The summed E-state index contributed by atoms with van der Waals surface area (Å²) in [6, 6.07) is 51.6. The number of hydrogen-bond donors (Lipinski definition) is 0. The maximum absolute atomic E-state index is 6.20. The van der Waals surface area contributed by atoms with Gasteiger partial charge >= 0.3 is 164 Å². The first kappa shape index (κ1) is 41.9. The van der Waals surface area contributed by atoms with Crippen molar-refractivity contribution in [1.29, 1.82) is 0 Å². The van der Waals surface area contributed by atoms with E-state index in [2.05, 4.69) is 178 Å². The van der Waals surface area contributed by atoms with Crippen molar-refractivity contribution in [3.63, 3.8) is 0 Å². The monoisotopic (exact) mass is 1040 g/mol. The second-order valence-electron chi connectivity index (χ2n) is 18.0. The summed E-state index contributed by atoms with van der Waals surface area (Å²) < 4.78 is 12.5. The van der Waals surface area contributed by atoms with Crippen LogP contribution in [0.1, 0.15) is 45.7 Å². The van der Waals surface area contributed by atoms with Gasteiger partial charge in [-0.15, -0.1) is 23.8 Å². The van der Waals surface area contributed by atoms with Crippen molar-refractivity contribution in [3.8, 4) is 28.3 Å². The first-order valence-corrected chi connectivity index (χ1v) is 28.7. The van der Waals surface area contributed by atoms with Crippen molar-refractivity contribution < 1.29 is 24.5 Å². The average molecular weight is 1040 g/mol. The Kier molecular flexibility index (Phi) is 11.5.